The number of halogens is 1. The van der Waals surface area contributed by atoms with E-state index in [9.17, 15) is 4.79 Å². The highest BCUT2D eigenvalue weighted by molar-refractivity contribution is 6.32. The molecular weight excluding hydrogens is 376 g/mol. The number of rotatable bonds is 6. The normalized spacial score (nSPS) is 24.5. The second-order valence-corrected chi connectivity index (χ2v) is 8.85. The van der Waals surface area contributed by atoms with E-state index in [0.29, 0.717) is 28.3 Å². The molecule has 0 aromatic heterocycles. The Balaban J connectivity index is 1.26. The van der Waals surface area contributed by atoms with Crippen LogP contribution in [0.3, 0.4) is 0 Å². The van der Waals surface area contributed by atoms with E-state index >= 15 is 0 Å². The SMILES string of the molecule is O=C(NC1CCCC1)c1ccc(OC2CCN(CC3CCOC3)CC2)c(Cl)c1. The van der Waals surface area contributed by atoms with Crippen LogP contribution >= 0.6 is 11.6 Å². The molecule has 1 aliphatic carbocycles. The van der Waals surface area contributed by atoms with Gasteiger partial charge in [-0.2, -0.15) is 0 Å². The summed E-state index contributed by atoms with van der Waals surface area (Å²) in [6.07, 6.45) is 7.94. The smallest absolute Gasteiger partial charge is 0.251 e. The molecule has 0 bridgehead atoms. The van der Waals surface area contributed by atoms with Gasteiger partial charge in [0.25, 0.3) is 5.91 Å². The number of ether oxygens (including phenoxy) is 2. The minimum atomic E-state index is -0.0375. The molecule has 1 aromatic rings. The topological polar surface area (TPSA) is 50.8 Å². The summed E-state index contributed by atoms with van der Waals surface area (Å²) in [4.78, 5) is 14.9. The van der Waals surface area contributed by atoms with Gasteiger partial charge in [-0.15, -0.1) is 0 Å². The molecule has 28 heavy (non-hydrogen) atoms. The van der Waals surface area contributed by atoms with Gasteiger partial charge in [0.15, 0.2) is 0 Å². The molecule has 2 aliphatic heterocycles. The number of benzene rings is 1. The molecule has 1 saturated carbocycles. The zero-order chi connectivity index (χ0) is 19.3. The Morgan fingerprint density at radius 2 is 1.96 bits per heavy atom. The van der Waals surface area contributed by atoms with E-state index in [4.69, 9.17) is 21.1 Å². The lowest BCUT2D eigenvalue weighted by Gasteiger charge is -2.33. The first kappa shape index (κ1) is 20.0. The van der Waals surface area contributed by atoms with E-state index < -0.39 is 0 Å². The second-order valence-electron chi connectivity index (χ2n) is 8.45. The van der Waals surface area contributed by atoms with Crippen LogP contribution in [-0.2, 0) is 4.74 Å². The van der Waals surface area contributed by atoms with E-state index in [1.54, 1.807) is 6.07 Å². The molecule has 5 nitrogen and oxygen atoms in total. The van der Waals surface area contributed by atoms with E-state index in [1.165, 1.54) is 19.3 Å². The maximum absolute atomic E-state index is 12.4. The van der Waals surface area contributed by atoms with Crippen LogP contribution in [0.4, 0.5) is 0 Å². The predicted octanol–water partition coefficient (Wildman–Crippen LogP) is 3.89. The summed E-state index contributed by atoms with van der Waals surface area (Å²) in [6.45, 7) is 5.07. The number of amides is 1. The molecule has 4 rings (SSSR count). The molecule has 2 saturated heterocycles. The van der Waals surface area contributed by atoms with Gasteiger partial charge in [-0.1, -0.05) is 24.4 Å². The molecule has 6 heteroatoms. The van der Waals surface area contributed by atoms with Gasteiger partial charge in [-0.3, -0.25) is 4.79 Å². The fourth-order valence-electron chi connectivity index (χ4n) is 4.56. The van der Waals surface area contributed by atoms with Crippen molar-refractivity contribution >= 4 is 17.5 Å². The lowest BCUT2D eigenvalue weighted by atomic mass is 10.0. The van der Waals surface area contributed by atoms with Gasteiger partial charge in [0.1, 0.15) is 11.9 Å². The molecule has 1 N–H and O–H groups in total. The number of hydrogen-bond donors (Lipinski definition) is 1. The highest BCUT2D eigenvalue weighted by Gasteiger charge is 2.25. The van der Waals surface area contributed by atoms with Gasteiger partial charge >= 0.3 is 0 Å². The summed E-state index contributed by atoms with van der Waals surface area (Å²) in [5.74, 6) is 1.33. The third kappa shape index (κ3) is 5.19. The predicted molar refractivity (Wildman–Crippen MR) is 110 cm³/mol. The van der Waals surface area contributed by atoms with Gasteiger partial charge in [-0.25, -0.2) is 0 Å². The number of likely N-dealkylation sites (tertiary alicyclic amines) is 1. The number of hydrogen-bond acceptors (Lipinski definition) is 4. The molecule has 1 atom stereocenters. The minimum Gasteiger partial charge on any atom is -0.489 e. The fraction of sp³-hybridized carbons (Fsp3) is 0.682. The molecule has 0 spiro atoms. The van der Waals surface area contributed by atoms with Crippen LogP contribution in [-0.4, -0.2) is 55.8 Å². The van der Waals surface area contributed by atoms with Gasteiger partial charge < -0.3 is 19.7 Å². The molecular formula is C22H31ClN2O3. The van der Waals surface area contributed by atoms with Crippen LogP contribution in [0.5, 0.6) is 5.75 Å². The lowest BCUT2D eigenvalue weighted by molar-refractivity contribution is 0.0880. The summed E-state index contributed by atoms with van der Waals surface area (Å²) in [5.41, 5.74) is 0.609. The lowest BCUT2D eigenvalue weighted by Crippen LogP contribution is -2.40. The van der Waals surface area contributed by atoms with Crippen LogP contribution < -0.4 is 10.1 Å². The Hall–Kier alpha value is -1.30. The molecule has 1 unspecified atom stereocenters. The maximum atomic E-state index is 12.4. The summed E-state index contributed by atoms with van der Waals surface area (Å²) in [7, 11) is 0. The number of carbonyl (C=O) groups excluding carboxylic acids is 1. The Morgan fingerprint density at radius 3 is 2.64 bits per heavy atom. The molecule has 3 fully saturated rings. The maximum Gasteiger partial charge on any atom is 0.251 e. The minimum absolute atomic E-state index is 0.0375. The summed E-state index contributed by atoms with van der Waals surface area (Å²) in [6, 6.07) is 5.70. The zero-order valence-electron chi connectivity index (χ0n) is 16.5. The van der Waals surface area contributed by atoms with Crippen molar-refractivity contribution in [1.29, 1.82) is 0 Å². The van der Waals surface area contributed by atoms with E-state index in [0.717, 1.165) is 58.5 Å². The van der Waals surface area contributed by atoms with Crippen molar-refractivity contribution in [3.63, 3.8) is 0 Å². The van der Waals surface area contributed by atoms with Crippen LogP contribution in [0.15, 0.2) is 18.2 Å². The van der Waals surface area contributed by atoms with Gasteiger partial charge in [0, 0.05) is 37.8 Å². The first-order valence-electron chi connectivity index (χ1n) is 10.7. The summed E-state index contributed by atoms with van der Waals surface area (Å²) in [5, 5.41) is 3.62. The van der Waals surface area contributed by atoms with Crippen LogP contribution in [0, 0.1) is 5.92 Å². The average molecular weight is 407 g/mol. The van der Waals surface area contributed by atoms with Gasteiger partial charge in [-0.05, 0) is 56.2 Å². The molecule has 1 aromatic carbocycles. The average Bonchev–Trinajstić information content (AvgIpc) is 3.39. The van der Waals surface area contributed by atoms with Gasteiger partial charge in [0.05, 0.1) is 11.6 Å². The monoisotopic (exact) mass is 406 g/mol. The van der Waals surface area contributed by atoms with Gasteiger partial charge in [0.2, 0.25) is 0 Å². The van der Waals surface area contributed by atoms with Crippen molar-refractivity contribution < 1.29 is 14.3 Å². The van der Waals surface area contributed by atoms with Crippen LogP contribution in [0.1, 0.15) is 55.3 Å². The molecule has 2 heterocycles. The van der Waals surface area contributed by atoms with Crippen molar-refractivity contribution in [1.82, 2.24) is 10.2 Å². The first-order chi connectivity index (χ1) is 13.7. The largest absolute Gasteiger partial charge is 0.489 e. The third-order valence-electron chi connectivity index (χ3n) is 6.25. The number of nitrogens with one attached hydrogen (secondary N) is 1. The van der Waals surface area contributed by atoms with Crippen molar-refractivity contribution in [2.45, 2.75) is 57.1 Å². The fourth-order valence-corrected chi connectivity index (χ4v) is 4.78. The van der Waals surface area contributed by atoms with E-state index in [2.05, 4.69) is 10.2 Å². The standard InChI is InChI=1S/C22H31ClN2O3/c23-20-13-17(22(26)24-18-3-1-2-4-18)5-6-21(20)28-19-7-10-25(11-8-19)14-16-9-12-27-15-16/h5-6,13,16,18-19H,1-4,7-12,14-15H2,(H,24,26). The first-order valence-corrected chi connectivity index (χ1v) is 11.1. The molecule has 154 valence electrons. The zero-order valence-corrected chi connectivity index (χ0v) is 17.3. The number of nitrogens with zero attached hydrogens (tertiary/aromatic N) is 1. The van der Waals surface area contributed by atoms with Crippen LogP contribution in [0.25, 0.3) is 0 Å². The van der Waals surface area contributed by atoms with E-state index in [-0.39, 0.29) is 12.0 Å². The highest BCUT2D eigenvalue weighted by atomic mass is 35.5. The van der Waals surface area contributed by atoms with Crippen LogP contribution in [0.2, 0.25) is 5.02 Å². The highest BCUT2D eigenvalue weighted by Crippen LogP contribution is 2.29. The number of carbonyl (C=O) groups is 1. The van der Waals surface area contributed by atoms with E-state index in [1.807, 2.05) is 12.1 Å². The quantitative estimate of drug-likeness (QED) is 0.778. The second kappa shape index (κ2) is 9.47. The molecule has 3 aliphatic rings. The Kier molecular flexibility index (Phi) is 6.76. The molecule has 1 amide bonds. The Bertz CT molecular complexity index is 664. The van der Waals surface area contributed by atoms with Crippen molar-refractivity contribution in [3.05, 3.63) is 28.8 Å². The molecule has 0 radical (unpaired) electrons. The van der Waals surface area contributed by atoms with Crippen molar-refractivity contribution in [3.8, 4) is 5.75 Å². The Labute approximate surface area is 172 Å². The van der Waals surface area contributed by atoms with Crippen molar-refractivity contribution in [2.75, 3.05) is 32.8 Å². The summed E-state index contributed by atoms with van der Waals surface area (Å²) < 4.78 is 11.6. The Morgan fingerprint density at radius 1 is 1.18 bits per heavy atom. The third-order valence-corrected chi connectivity index (χ3v) is 6.55. The number of piperidine rings is 1. The van der Waals surface area contributed by atoms with Crippen molar-refractivity contribution in [2.24, 2.45) is 5.92 Å². The summed E-state index contributed by atoms with van der Waals surface area (Å²) >= 11 is 6.42.